The van der Waals surface area contributed by atoms with Crippen LogP contribution in [0.25, 0.3) is 0 Å². The van der Waals surface area contributed by atoms with Crippen LogP contribution in [-0.2, 0) is 17.8 Å². The van der Waals surface area contributed by atoms with Gasteiger partial charge in [0, 0.05) is 45.8 Å². The van der Waals surface area contributed by atoms with Gasteiger partial charge in [-0.2, -0.15) is 0 Å². The van der Waals surface area contributed by atoms with E-state index in [9.17, 15) is 4.79 Å². The molecule has 1 aliphatic rings. The molecule has 1 amide bonds. The summed E-state index contributed by atoms with van der Waals surface area (Å²) in [6.45, 7) is 5.00. The minimum atomic E-state index is 0.0253. The lowest BCUT2D eigenvalue weighted by Gasteiger charge is -2.12. The fourth-order valence-electron chi connectivity index (χ4n) is 2.29. The standard InChI is InChI=1S/C14H21N3O/c1-11(18)16-7-6-15-10-12-3-4-14-13(9-12)5-8-17(14)2/h3-4,9,15H,5-8,10H2,1-2H3,(H,16,18). The molecule has 2 rings (SSSR count). The Morgan fingerprint density at radius 2 is 2.22 bits per heavy atom. The first kappa shape index (κ1) is 12.9. The van der Waals surface area contributed by atoms with Crippen LogP contribution in [-0.4, -0.2) is 32.6 Å². The molecule has 0 spiro atoms. The molecule has 0 saturated heterocycles. The molecular formula is C14H21N3O. The number of benzene rings is 1. The van der Waals surface area contributed by atoms with Gasteiger partial charge in [0.25, 0.3) is 0 Å². The summed E-state index contributed by atoms with van der Waals surface area (Å²) in [5, 5.41) is 6.10. The van der Waals surface area contributed by atoms with Crippen molar-refractivity contribution in [1.82, 2.24) is 10.6 Å². The number of likely N-dealkylation sites (N-methyl/N-ethyl adjacent to an activating group) is 1. The van der Waals surface area contributed by atoms with Gasteiger partial charge < -0.3 is 15.5 Å². The maximum Gasteiger partial charge on any atom is 0.216 e. The molecule has 0 aliphatic carbocycles. The summed E-state index contributed by atoms with van der Waals surface area (Å²) < 4.78 is 0. The lowest BCUT2D eigenvalue weighted by atomic mass is 10.1. The summed E-state index contributed by atoms with van der Waals surface area (Å²) in [6.07, 6.45) is 1.14. The summed E-state index contributed by atoms with van der Waals surface area (Å²) in [6, 6.07) is 6.66. The van der Waals surface area contributed by atoms with Gasteiger partial charge in [-0.25, -0.2) is 0 Å². The van der Waals surface area contributed by atoms with E-state index >= 15 is 0 Å². The lowest BCUT2D eigenvalue weighted by Crippen LogP contribution is -2.29. The topological polar surface area (TPSA) is 44.4 Å². The molecule has 0 fully saturated rings. The molecule has 2 N–H and O–H groups in total. The van der Waals surface area contributed by atoms with Crippen molar-refractivity contribution in [1.29, 1.82) is 0 Å². The molecule has 18 heavy (non-hydrogen) atoms. The highest BCUT2D eigenvalue weighted by molar-refractivity contribution is 5.72. The van der Waals surface area contributed by atoms with Gasteiger partial charge in [-0.15, -0.1) is 0 Å². The highest BCUT2D eigenvalue weighted by Gasteiger charge is 2.15. The summed E-state index contributed by atoms with van der Waals surface area (Å²) in [5.41, 5.74) is 4.11. The fourth-order valence-corrected chi connectivity index (χ4v) is 2.29. The van der Waals surface area contributed by atoms with Crippen molar-refractivity contribution < 1.29 is 4.79 Å². The Kier molecular flexibility index (Phi) is 4.20. The third kappa shape index (κ3) is 3.23. The zero-order valence-corrected chi connectivity index (χ0v) is 11.1. The number of rotatable bonds is 5. The van der Waals surface area contributed by atoms with Gasteiger partial charge in [-0.3, -0.25) is 4.79 Å². The summed E-state index contributed by atoms with van der Waals surface area (Å²) in [7, 11) is 2.14. The highest BCUT2D eigenvalue weighted by Crippen LogP contribution is 2.27. The van der Waals surface area contributed by atoms with Crippen molar-refractivity contribution in [3.8, 4) is 0 Å². The average molecular weight is 247 g/mol. The molecule has 0 atom stereocenters. The van der Waals surface area contributed by atoms with Crippen LogP contribution >= 0.6 is 0 Å². The Labute approximate surface area is 108 Å². The molecular weight excluding hydrogens is 226 g/mol. The average Bonchev–Trinajstić information content (AvgIpc) is 2.70. The van der Waals surface area contributed by atoms with Gasteiger partial charge in [-0.05, 0) is 23.6 Å². The van der Waals surface area contributed by atoms with Crippen LogP contribution in [0.3, 0.4) is 0 Å². The van der Waals surface area contributed by atoms with Crippen LogP contribution in [0, 0.1) is 0 Å². The third-order valence-electron chi connectivity index (χ3n) is 3.28. The van der Waals surface area contributed by atoms with Crippen molar-refractivity contribution in [2.24, 2.45) is 0 Å². The van der Waals surface area contributed by atoms with E-state index in [1.54, 1.807) is 0 Å². The fraction of sp³-hybridized carbons (Fsp3) is 0.500. The van der Waals surface area contributed by atoms with Gasteiger partial charge in [0.05, 0.1) is 0 Å². The van der Waals surface area contributed by atoms with Gasteiger partial charge in [0.2, 0.25) is 5.91 Å². The van der Waals surface area contributed by atoms with E-state index in [0.29, 0.717) is 6.54 Å². The highest BCUT2D eigenvalue weighted by atomic mass is 16.1. The van der Waals surface area contributed by atoms with Crippen LogP contribution in [0.5, 0.6) is 0 Å². The SMILES string of the molecule is CC(=O)NCCNCc1ccc2c(c1)CCN2C. The minimum Gasteiger partial charge on any atom is -0.374 e. The number of hydrogen-bond acceptors (Lipinski definition) is 3. The smallest absolute Gasteiger partial charge is 0.216 e. The number of nitrogens with one attached hydrogen (secondary N) is 2. The van der Waals surface area contributed by atoms with E-state index in [0.717, 1.165) is 26.1 Å². The maximum absolute atomic E-state index is 10.7. The number of amides is 1. The molecule has 0 aromatic heterocycles. The number of carbonyl (C=O) groups is 1. The van der Waals surface area contributed by atoms with Crippen molar-refractivity contribution in [3.05, 3.63) is 29.3 Å². The van der Waals surface area contributed by atoms with E-state index in [1.165, 1.54) is 23.7 Å². The predicted molar refractivity (Wildman–Crippen MR) is 73.8 cm³/mol. The second-order valence-corrected chi connectivity index (χ2v) is 4.79. The Morgan fingerprint density at radius 3 is 3.00 bits per heavy atom. The summed E-state index contributed by atoms with van der Waals surface area (Å²) >= 11 is 0. The van der Waals surface area contributed by atoms with Crippen LogP contribution in [0.4, 0.5) is 5.69 Å². The molecule has 1 aliphatic heterocycles. The van der Waals surface area contributed by atoms with Crippen LogP contribution in [0.1, 0.15) is 18.1 Å². The number of nitrogens with zero attached hydrogens (tertiary/aromatic N) is 1. The Balaban J connectivity index is 1.79. The molecule has 0 bridgehead atoms. The van der Waals surface area contributed by atoms with Crippen LogP contribution in [0.2, 0.25) is 0 Å². The van der Waals surface area contributed by atoms with Gasteiger partial charge in [0.15, 0.2) is 0 Å². The van der Waals surface area contributed by atoms with Crippen molar-refractivity contribution in [2.75, 3.05) is 31.6 Å². The molecule has 1 heterocycles. The minimum absolute atomic E-state index is 0.0253. The molecule has 0 saturated carbocycles. The van der Waals surface area contributed by atoms with E-state index in [-0.39, 0.29) is 5.91 Å². The van der Waals surface area contributed by atoms with Crippen molar-refractivity contribution in [2.45, 2.75) is 19.9 Å². The molecule has 1 aromatic rings. The second-order valence-electron chi connectivity index (χ2n) is 4.79. The molecule has 0 unspecified atom stereocenters. The first-order valence-corrected chi connectivity index (χ1v) is 6.45. The van der Waals surface area contributed by atoms with Gasteiger partial charge >= 0.3 is 0 Å². The van der Waals surface area contributed by atoms with Crippen LogP contribution < -0.4 is 15.5 Å². The summed E-state index contributed by atoms with van der Waals surface area (Å²) in [4.78, 5) is 13.0. The predicted octanol–water partition coefficient (Wildman–Crippen LogP) is 0.905. The first-order valence-electron chi connectivity index (χ1n) is 6.45. The second kappa shape index (κ2) is 5.87. The van der Waals surface area contributed by atoms with Crippen molar-refractivity contribution >= 4 is 11.6 Å². The van der Waals surface area contributed by atoms with E-state index in [2.05, 4.69) is 40.8 Å². The van der Waals surface area contributed by atoms with Gasteiger partial charge in [-0.1, -0.05) is 12.1 Å². The normalized spacial score (nSPS) is 13.6. The Hall–Kier alpha value is -1.55. The Morgan fingerprint density at radius 1 is 1.39 bits per heavy atom. The molecule has 1 aromatic carbocycles. The molecule has 98 valence electrons. The third-order valence-corrected chi connectivity index (χ3v) is 3.28. The molecule has 4 nitrogen and oxygen atoms in total. The number of carbonyl (C=O) groups excluding carboxylic acids is 1. The van der Waals surface area contributed by atoms with E-state index in [4.69, 9.17) is 0 Å². The zero-order chi connectivity index (χ0) is 13.0. The lowest BCUT2D eigenvalue weighted by molar-refractivity contribution is -0.118. The molecule has 4 heteroatoms. The van der Waals surface area contributed by atoms with Gasteiger partial charge in [0.1, 0.15) is 0 Å². The zero-order valence-electron chi connectivity index (χ0n) is 11.1. The number of hydrogen-bond donors (Lipinski definition) is 2. The largest absolute Gasteiger partial charge is 0.374 e. The number of anilines is 1. The Bertz CT molecular complexity index is 431. The summed E-state index contributed by atoms with van der Waals surface area (Å²) in [5.74, 6) is 0.0253. The van der Waals surface area contributed by atoms with E-state index < -0.39 is 0 Å². The van der Waals surface area contributed by atoms with Crippen molar-refractivity contribution in [3.63, 3.8) is 0 Å². The van der Waals surface area contributed by atoms with E-state index in [1.807, 2.05) is 0 Å². The molecule has 0 radical (unpaired) electrons. The van der Waals surface area contributed by atoms with Crippen LogP contribution in [0.15, 0.2) is 18.2 Å². The maximum atomic E-state index is 10.7. The monoisotopic (exact) mass is 247 g/mol. The number of fused-ring (bicyclic) bond motifs is 1. The quantitative estimate of drug-likeness (QED) is 0.760. The first-order chi connectivity index (χ1) is 8.66.